The topological polar surface area (TPSA) is 72.2 Å². The maximum absolute atomic E-state index is 12.5. The van der Waals surface area contributed by atoms with Gasteiger partial charge in [0, 0.05) is 34.0 Å². The van der Waals surface area contributed by atoms with Crippen LogP contribution < -0.4 is 5.32 Å². The van der Waals surface area contributed by atoms with E-state index in [-0.39, 0.29) is 17.0 Å². The number of benzene rings is 1. The first-order valence-electron chi connectivity index (χ1n) is 8.09. The number of carbonyl (C=O) groups excluding carboxylic acids is 1. The van der Waals surface area contributed by atoms with Gasteiger partial charge in [0.15, 0.2) is 0 Å². The zero-order chi connectivity index (χ0) is 17.2. The molecule has 0 spiro atoms. The molecule has 0 saturated heterocycles. The highest BCUT2D eigenvalue weighted by Crippen LogP contribution is 2.42. The second-order valence-electron chi connectivity index (χ2n) is 6.41. The van der Waals surface area contributed by atoms with Crippen molar-refractivity contribution in [1.29, 1.82) is 0 Å². The number of aryl methyl sites for hydroxylation is 1. The summed E-state index contributed by atoms with van der Waals surface area (Å²) in [5.74, 6) is -0.171. The van der Waals surface area contributed by atoms with E-state index in [1.54, 1.807) is 24.3 Å². The van der Waals surface area contributed by atoms with E-state index in [1.165, 1.54) is 29.9 Å². The Balaban J connectivity index is 1.73. The molecule has 1 amide bonds. The fourth-order valence-electron chi connectivity index (χ4n) is 3.50. The summed E-state index contributed by atoms with van der Waals surface area (Å²) in [5.41, 5.74) is 1.05. The summed E-state index contributed by atoms with van der Waals surface area (Å²) in [4.78, 5) is 24.3. The average Bonchev–Trinajstić information content (AvgIpc) is 3.24. The molecule has 0 radical (unpaired) electrons. The number of rotatable bonds is 5. The fourth-order valence-corrected chi connectivity index (χ4v) is 4.48. The van der Waals surface area contributed by atoms with E-state index in [0.717, 1.165) is 12.8 Å². The van der Waals surface area contributed by atoms with Crippen LogP contribution in [-0.4, -0.2) is 17.4 Å². The first kappa shape index (κ1) is 16.6. The van der Waals surface area contributed by atoms with Gasteiger partial charge >= 0.3 is 0 Å². The second kappa shape index (κ2) is 6.73. The lowest BCUT2D eigenvalue weighted by atomic mass is 9.84. The van der Waals surface area contributed by atoms with Gasteiger partial charge in [0.1, 0.15) is 0 Å². The van der Waals surface area contributed by atoms with E-state index in [9.17, 15) is 14.9 Å². The van der Waals surface area contributed by atoms with Gasteiger partial charge in [-0.15, -0.1) is 11.3 Å². The summed E-state index contributed by atoms with van der Waals surface area (Å²) in [6.45, 7) is 2.27. The number of carbonyl (C=O) groups is 1. The molecule has 2 aromatic rings. The number of nitro groups is 1. The number of nitro benzene ring substituents is 1. The molecular formula is C18H20N2O3S. The SMILES string of the molecule is Cc1cc(C(=O)NCC2(c3cccs3)CCCC2)ccc1[N+](=O)[O-]. The van der Waals surface area contributed by atoms with Gasteiger partial charge in [0.25, 0.3) is 11.6 Å². The number of amides is 1. The molecule has 0 atom stereocenters. The average molecular weight is 344 g/mol. The maximum Gasteiger partial charge on any atom is 0.272 e. The third kappa shape index (κ3) is 3.19. The minimum absolute atomic E-state index is 0.0393. The van der Waals surface area contributed by atoms with Crippen LogP contribution in [0.5, 0.6) is 0 Å². The highest BCUT2D eigenvalue weighted by molar-refractivity contribution is 7.10. The molecule has 1 saturated carbocycles. The highest BCUT2D eigenvalue weighted by atomic mass is 32.1. The Kier molecular flexibility index (Phi) is 4.66. The number of nitrogens with one attached hydrogen (secondary N) is 1. The zero-order valence-electron chi connectivity index (χ0n) is 13.6. The van der Waals surface area contributed by atoms with Gasteiger partial charge in [-0.1, -0.05) is 18.9 Å². The van der Waals surface area contributed by atoms with E-state index in [1.807, 2.05) is 0 Å². The molecule has 0 bridgehead atoms. The first-order chi connectivity index (χ1) is 11.5. The molecule has 1 aliphatic rings. The normalized spacial score (nSPS) is 16.0. The van der Waals surface area contributed by atoms with Gasteiger partial charge in [-0.25, -0.2) is 0 Å². The Morgan fingerprint density at radius 3 is 2.67 bits per heavy atom. The lowest BCUT2D eigenvalue weighted by Crippen LogP contribution is -2.38. The predicted octanol–water partition coefficient (Wildman–Crippen LogP) is 4.21. The quantitative estimate of drug-likeness (QED) is 0.652. The van der Waals surface area contributed by atoms with Crippen LogP contribution in [0.2, 0.25) is 0 Å². The Morgan fingerprint density at radius 2 is 2.08 bits per heavy atom. The summed E-state index contributed by atoms with van der Waals surface area (Å²) < 4.78 is 0. The maximum atomic E-state index is 12.5. The van der Waals surface area contributed by atoms with Crippen molar-refractivity contribution in [3.05, 3.63) is 61.8 Å². The molecule has 1 fully saturated rings. The van der Waals surface area contributed by atoms with Crippen molar-refractivity contribution in [2.45, 2.75) is 38.0 Å². The Bertz CT molecular complexity index is 750. The van der Waals surface area contributed by atoms with Crippen molar-refractivity contribution in [1.82, 2.24) is 5.32 Å². The zero-order valence-corrected chi connectivity index (χ0v) is 14.4. The Labute approximate surface area is 144 Å². The van der Waals surface area contributed by atoms with Crippen molar-refractivity contribution in [2.75, 3.05) is 6.54 Å². The van der Waals surface area contributed by atoms with Crippen molar-refractivity contribution in [3.63, 3.8) is 0 Å². The van der Waals surface area contributed by atoms with E-state index < -0.39 is 4.92 Å². The van der Waals surface area contributed by atoms with Gasteiger partial charge in [-0.3, -0.25) is 14.9 Å². The number of nitrogens with zero attached hydrogens (tertiary/aromatic N) is 1. The molecule has 3 rings (SSSR count). The van der Waals surface area contributed by atoms with Crippen LogP contribution in [0.25, 0.3) is 0 Å². The largest absolute Gasteiger partial charge is 0.351 e. The Hall–Kier alpha value is -2.21. The van der Waals surface area contributed by atoms with Crippen molar-refractivity contribution >= 4 is 22.9 Å². The van der Waals surface area contributed by atoms with Gasteiger partial charge < -0.3 is 5.32 Å². The van der Waals surface area contributed by atoms with Crippen LogP contribution in [0, 0.1) is 17.0 Å². The van der Waals surface area contributed by atoms with E-state index in [0.29, 0.717) is 17.7 Å². The molecule has 126 valence electrons. The molecule has 5 nitrogen and oxygen atoms in total. The summed E-state index contributed by atoms with van der Waals surface area (Å²) in [5, 5.41) is 16.0. The third-order valence-corrected chi connectivity index (χ3v) is 5.96. The third-order valence-electron chi connectivity index (χ3n) is 4.85. The molecule has 0 aliphatic heterocycles. The first-order valence-corrected chi connectivity index (χ1v) is 8.97. The van der Waals surface area contributed by atoms with Gasteiger partial charge in [-0.2, -0.15) is 0 Å². The fraction of sp³-hybridized carbons (Fsp3) is 0.389. The molecule has 1 N–H and O–H groups in total. The highest BCUT2D eigenvalue weighted by Gasteiger charge is 2.36. The number of thiophene rings is 1. The molecule has 1 aromatic carbocycles. The molecule has 24 heavy (non-hydrogen) atoms. The van der Waals surface area contributed by atoms with Crippen molar-refractivity contribution < 1.29 is 9.72 Å². The van der Waals surface area contributed by atoms with Crippen LogP contribution in [0.15, 0.2) is 35.7 Å². The Morgan fingerprint density at radius 1 is 1.33 bits per heavy atom. The van der Waals surface area contributed by atoms with Gasteiger partial charge in [0.2, 0.25) is 0 Å². The molecule has 6 heteroatoms. The molecule has 0 unspecified atom stereocenters. The van der Waals surface area contributed by atoms with E-state index in [2.05, 4.69) is 22.8 Å². The van der Waals surface area contributed by atoms with Crippen LogP contribution >= 0.6 is 11.3 Å². The minimum atomic E-state index is -0.429. The van der Waals surface area contributed by atoms with Crippen LogP contribution in [0.3, 0.4) is 0 Å². The van der Waals surface area contributed by atoms with Crippen molar-refractivity contribution in [3.8, 4) is 0 Å². The van der Waals surface area contributed by atoms with E-state index >= 15 is 0 Å². The lowest BCUT2D eigenvalue weighted by Gasteiger charge is -2.28. The summed E-state index contributed by atoms with van der Waals surface area (Å²) in [6, 6.07) is 8.71. The summed E-state index contributed by atoms with van der Waals surface area (Å²) in [7, 11) is 0. The van der Waals surface area contributed by atoms with Gasteiger partial charge in [-0.05, 0) is 43.3 Å². The molecule has 1 aliphatic carbocycles. The molecule has 1 heterocycles. The summed E-state index contributed by atoms with van der Waals surface area (Å²) in [6.07, 6.45) is 4.55. The smallest absolute Gasteiger partial charge is 0.272 e. The number of hydrogen-bond donors (Lipinski definition) is 1. The number of hydrogen-bond acceptors (Lipinski definition) is 4. The lowest BCUT2D eigenvalue weighted by molar-refractivity contribution is -0.385. The standard InChI is InChI=1S/C18H20N2O3S/c1-13-11-14(6-7-15(13)20(22)23)17(21)19-12-18(8-2-3-9-18)16-5-4-10-24-16/h4-7,10-11H,2-3,8-9,12H2,1H3,(H,19,21). The monoisotopic (exact) mass is 344 g/mol. The minimum Gasteiger partial charge on any atom is -0.351 e. The van der Waals surface area contributed by atoms with Crippen molar-refractivity contribution in [2.24, 2.45) is 0 Å². The summed E-state index contributed by atoms with van der Waals surface area (Å²) >= 11 is 1.75. The van der Waals surface area contributed by atoms with Gasteiger partial charge in [0.05, 0.1) is 4.92 Å². The van der Waals surface area contributed by atoms with Crippen LogP contribution in [0.4, 0.5) is 5.69 Å². The molecular weight excluding hydrogens is 324 g/mol. The predicted molar refractivity (Wildman–Crippen MR) is 94.6 cm³/mol. The van der Waals surface area contributed by atoms with Crippen LogP contribution in [-0.2, 0) is 5.41 Å². The van der Waals surface area contributed by atoms with Crippen LogP contribution in [0.1, 0.15) is 46.5 Å². The van der Waals surface area contributed by atoms with E-state index in [4.69, 9.17) is 0 Å². The second-order valence-corrected chi connectivity index (χ2v) is 7.35. The molecule has 1 aromatic heterocycles.